The van der Waals surface area contributed by atoms with E-state index in [9.17, 15) is 13.2 Å². The van der Waals surface area contributed by atoms with E-state index in [0.29, 0.717) is 0 Å². The second kappa shape index (κ2) is 6.17. The molecule has 0 radical (unpaired) electrons. The lowest BCUT2D eigenvalue weighted by Gasteiger charge is -2.22. The van der Waals surface area contributed by atoms with Crippen LogP contribution in [0.15, 0.2) is 0 Å². The summed E-state index contributed by atoms with van der Waals surface area (Å²) in [7, 11) is -1.58. The molecule has 0 bridgehead atoms. The van der Waals surface area contributed by atoms with Gasteiger partial charge in [0.1, 0.15) is 9.84 Å². The lowest BCUT2D eigenvalue weighted by atomic mass is 10.2. The zero-order valence-corrected chi connectivity index (χ0v) is 10.7. The van der Waals surface area contributed by atoms with E-state index in [-0.39, 0.29) is 24.6 Å². The molecule has 16 heavy (non-hydrogen) atoms. The summed E-state index contributed by atoms with van der Waals surface area (Å²) >= 11 is 0. The Morgan fingerprint density at radius 2 is 2.00 bits per heavy atom. The van der Waals surface area contributed by atoms with Crippen LogP contribution in [-0.2, 0) is 14.6 Å². The first-order valence-electron chi connectivity index (χ1n) is 5.00. The molecule has 2 unspecified atom stereocenters. The minimum absolute atomic E-state index is 0.0990. The fraction of sp³-hybridized carbons (Fsp3) is 0.889. The normalized spacial score (nSPS) is 15.6. The highest BCUT2D eigenvalue weighted by Crippen LogP contribution is 1.99. The summed E-state index contributed by atoms with van der Waals surface area (Å²) < 4.78 is 21.8. The van der Waals surface area contributed by atoms with Crippen LogP contribution in [0.3, 0.4) is 0 Å². The predicted molar refractivity (Wildman–Crippen MR) is 61.6 cm³/mol. The summed E-state index contributed by atoms with van der Waals surface area (Å²) in [5.41, 5.74) is 5.56. The van der Waals surface area contributed by atoms with Gasteiger partial charge in [-0.3, -0.25) is 4.79 Å². The number of likely N-dealkylation sites (N-methyl/N-ethyl adjacent to an activating group) is 1. The molecule has 1 amide bonds. The Hall–Kier alpha value is -0.660. The van der Waals surface area contributed by atoms with Crippen molar-refractivity contribution >= 4 is 15.7 Å². The Bertz CT molecular complexity index is 326. The highest BCUT2D eigenvalue weighted by atomic mass is 32.2. The zero-order valence-electron chi connectivity index (χ0n) is 9.88. The van der Waals surface area contributed by atoms with Gasteiger partial charge in [-0.25, -0.2) is 8.42 Å². The van der Waals surface area contributed by atoms with Crippen LogP contribution < -0.4 is 5.73 Å². The van der Waals surface area contributed by atoms with E-state index in [1.165, 1.54) is 11.9 Å². The molecule has 2 atom stereocenters. The van der Waals surface area contributed by atoms with E-state index < -0.39 is 22.0 Å². The molecule has 7 heteroatoms. The molecular formula is C9H20N2O4S. The number of sulfone groups is 1. The molecule has 0 saturated carbocycles. The number of hydrogen-bond acceptors (Lipinski definition) is 5. The molecule has 3 N–H and O–H groups in total. The van der Waals surface area contributed by atoms with E-state index in [1.807, 2.05) is 0 Å². The fourth-order valence-electron chi connectivity index (χ4n) is 1.23. The van der Waals surface area contributed by atoms with Gasteiger partial charge < -0.3 is 15.7 Å². The van der Waals surface area contributed by atoms with Crippen LogP contribution in [0.25, 0.3) is 0 Å². The van der Waals surface area contributed by atoms with Crippen molar-refractivity contribution in [2.75, 3.05) is 25.6 Å². The first-order valence-corrected chi connectivity index (χ1v) is 7.06. The van der Waals surface area contributed by atoms with Gasteiger partial charge in [0.25, 0.3) is 0 Å². The first kappa shape index (κ1) is 15.3. The summed E-state index contributed by atoms with van der Waals surface area (Å²) in [6.07, 6.45) is 0.571. The van der Waals surface area contributed by atoms with E-state index in [2.05, 4.69) is 0 Å². The molecule has 0 spiro atoms. The van der Waals surface area contributed by atoms with Gasteiger partial charge in [-0.2, -0.15) is 0 Å². The Kier molecular flexibility index (Phi) is 5.91. The monoisotopic (exact) mass is 252 g/mol. The summed E-state index contributed by atoms with van der Waals surface area (Å²) in [4.78, 5) is 12.9. The number of carbonyl (C=O) groups excluding carboxylic acids is 1. The number of carbonyl (C=O) groups is 1. The lowest BCUT2D eigenvalue weighted by Crippen LogP contribution is -2.44. The molecule has 0 aliphatic heterocycles. The largest absolute Gasteiger partial charge is 0.392 e. The molecule has 96 valence electrons. The van der Waals surface area contributed by atoms with Gasteiger partial charge >= 0.3 is 0 Å². The van der Waals surface area contributed by atoms with Crippen molar-refractivity contribution in [3.05, 3.63) is 0 Å². The molecule has 0 saturated heterocycles. The summed E-state index contributed by atoms with van der Waals surface area (Å²) in [5.74, 6) is -0.466. The summed E-state index contributed by atoms with van der Waals surface area (Å²) in [6, 6.07) is -0.835. The zero-order chi connectivity index (χ0) is 12.9. The van der Waals surface area contributed by atoms with E-state index >= 15 is 0 Å². The van der Waals surface area contributed by atoms with E-state index in [4.69, 9.17) is 10.8 Å². The number of rotatable bonds is 6. The van der Waals surface area contributed by atoms with Gasteiger partial charge in [-0.05, 0) is 13.3 Å². The van der Waals surface area contributed by atoms with Crippen LogP contribution in [0.2, 0.25) is 0 Å². The average Bonchev–Trinajstić information content (AvgIpc) is 2.10. The van der Waals surface area contributed by atoms with Gasteiger partial charge in [-0.15, -0.1) is 0 Å². The topological polar surface area (TPSA) is 101 Å². The number of nitrogens with two attached hydrogens (primary N) is 1. The second-order valence-electron chi connectivity index (χ2n) is 4.09. The molecule has 0 rings (SSSR count). The minimum Gasteiger partial charge on any atom is -0.392 e. The third-order valence-electron chi connectivity index (χ3n) is 2.03. The van der Waals surface area contributed by atoms with Crippen molar-refractivity contribution in [2.24, 2.45) is 5.73 Å². The summed E-state index contributed by atoms with van der Waals surface area (Å²) in [6.45, 7) is 1.75. The van der Waals surface area contributed by atoms with E-state index in [1.54, 1.807) is 6.92 Å². The molecule has 0 aliphatic carbocycles. The third-order valence-corrected chi connectivity index (χ3v) is 3.01. The van der Waals surface area contributed by atoms with Crippen LogP contribution in [0.1, 0.15) is 13.3 Å². The van der Waals surface area contributed by atoms with Crippen molar-refractivity contribution in [3.63, 3.8) is 0 Å². The lowest BCUT2D eigenvalue weighted by molar-refractivity contribution is -0.132. The highest BCUT2D eigenvalue weighted by molar-refractivity contribution is 7.90. The van der Waals surface area contributed by atoms with Crippen LogP contribution in [0.4, 0.5) is 0 Å². The van der Waals surface area contributed by atoms with Gasteiger partial charge in [0.2, 0.25) is 5.91 Å². The SMILES string of the molecule is CC(O)CN(C)C(=O)C(N)CCS(C)(=O)=O. The molecule has 6 nitrogen and oxygen atoms in total. The molecule has 0 fully saturated rings. The maximum absolute atomic E-state index is 11.6. The second-order valence-corrected chi connectivity index (χ2v) is 6.35. The Morgan fingerprint density at radius 3 is 2.38 bits per heavy atom. The standard InChI is InChI=1S/C9H20N2O4S/c1-7(12)6-11(2)9(13)8(10)4-5-16(3,14)15/h7-8,12H,4-6,10H2,1-3H3. The van der Waals surface area contributed by atoms with Crippen molar-refractivity contribution < 1.29 is 18.3 Å². The van der Waals surface area contributed by atoms with Crippen molar-refractivity contribution in [1.82, 2.24) is 4.90 Å². The van der Waals surface area contributed by atoms with Crippen LogP contribution in [-0.4, -0.2) is 62.1 Å². The third kappa shape index (κ3) is 6.76. The molecule has 0 aromatic heterocycles. The first-order chi connectivity index (χ1) is 7.13. The fourth-order valence-corrected chi connectivity index (χ4v) is 1.92. The Balaban J connectivity index is 4.18. The van der Waals surface area contributed by atoms with Gasteiger partial charge in [0, 0.05) is 19.8 Å². The van der Waals surface area contributed by atoms with Crippen LogP contribution >= 0.6 is 0 Å². The van der Waals surface area contributed by atoms with Crippen molar-refractivity contribution in [1.29, 1.82) is 0 Å². The van der Waals surface area contributed by atoms with Gasteiger partial charge in [-0.1, -0.05) is 0 Å². The molecule has 0 aromatic carbocycles. The molecule has 0 aromatic rings. The molecule has 0 heterocycles. The number of aliphatic hydroxyl groups excluding tert-OH is 1. The average molecular weight is 252 g/mol. The number of amides is 1. The number of hydrogen-bond donors (Lipinski definition) is 2. The Morgan fingerprint density at radius 1 is 1.50 bits per heavy atom. The van der Waals surface area contributed by atoms with Gasteiger partial charge in [0.05, 0.1) is 17.9 Å². The van der Waals surface area contributed by atoms with Crippen molar-refractivity contribution in [2.45, 2.75) is 25.5 Å². The number of nitrogens with zero attached hydrogens (tertiary/aromatic N) is 1. The summed E-state index contributed by atoms with van der Waals surface area (Å²) in [5, 5.41) is 9.08. The maximum Gasteiger partial charge on any atom is 0.239 e. The maximum atomic E-state index is 11.6. The van der Waals surface area contributed by atoms with Gasteiger partial charge in [0.15, 0.2) is 0 Å². The van der Waals surface area contributed by atoms with Crippen LogP contribution in [0.5, 0.6) is 0 Å². The highest BCUT2D eigenvalue weighted by Gasteiger charge is 2.20. The molecular weight excluding hydrogens is 232 g/mol. The van der Waals surface area contributed by atoms with Crippen LogP contribution in [0, 0.1) is 0 Å². The predicted octanol–water partition coefficient (Wildman–Crippen LogP) is -1.41. The number of aliphatic hydroxyl groups is 1. The van der Waals surface area contributed by atoms with Crippen molar-refractivity contribution in [3.8, 4) is 0 Å². The minimum atomic E-state index is -3.10. The quantitative estimate of drug-likeness (QED) is 0.604. The molecule has 0 aliphatic rings. The smallest absolute Gasteiger partial charge is 0.239 e. The van der Waals surface area contributed by atoms with E-state index in [0.717, 1.165) is 6.26 Å². The Labute approximate surface area is 96.3 Å².